The predicted molar refractivity (Wildman–Crippen MR) is 119 cm³/mol. The van der Waals surface area contributed by atoms with Crippen LogP contribution < -0.4 is 10.1 Å². The molecule has 0 radical (unpaired) electrons. The van der Waals surface area contributed by atoms with E-state index in [0.717, 1.165) is 31.9 Å². The summed E-state index contributed by atoms with van der Waals surface area (Å²) in [4.78, 5) is 20.7. The summed E-state index contributed by atoms with van der Waals surface area (Å²) < 4.78 is 5.74. The summed E-state index contributed by atoms with van der Waals surface area (Å²) in [6.45, 7) is 8.49. The van der Waals surface area contributed by atoms with E-state index in [0.29, 0.717) is 12.6 Å². The second kappa shape index (κ2) is 13.2. The fraction of sp³-hybridized carbons (Fsp3) is 0.333. The largest absolute Gasteiger partial charge is 0.489 e. The van der Waals surface area contributed by atoms with Gasteiger partial charge < -0.3 is 20.3 Å². The van der Waals surface area contributed by atoms with Crippen LogP contribution in [0.3, 0.4) is 0 Å². The van der Waals surface area contributed by atoms with Gasteiger partial charge in [-0.05, 0) is 37.6 Å². The average Bonchev–Trinajstić information content (AvgIpc) is 2.79. The molecule has 1 fully saturated rings. The molecule has 1 saturated heterocycles. The highest BCUT2D eigenvalue weighted by atomic mass is 16.5. The lowest BCUT2D eigenvalue weighted by Gasteiger charge is -2.32. The van der Waals surface area contributed by atoms with Crippen LogP contribution in [-0.4, -0.2) is 52.8 Å². The molecule has 0 spiro atoms. The van der Waals surface area contributed by atoms with Gasteiger partial charge >= 0.3 is 11.9 Å². The first-order chi connectivity index (χ1) is 15.0. The number of carboxylic acid groups (broad SMARTS) is 2. The van der Waals surface area contributed by atoms with Crippen LogP contribution in [0.25, 0.3) is 0 Å². The van der Waals surface area contributed by atoms with Crippen LogP contribution in [0.15, 0.2) is 67.3 Å². The van der Waals surface area contributed by atoms with Crippen molar-refractivity contribution in [3.63, 3.8) is 0 Å². The highest BCUT2D eigenvalue weighted by Gasteiger charge is 2.19. The third kappa shape index (κ3) is 9.02. The molecule has 7 nitrogen and oxygen atoms in total. The number of carboxylic acids is 2. The number of hydrogen-bond donors (Lipinski definition) is 3. The number of likely N-dealkylation sites (tertiary alicyclic amines) is 1. The van der Waals surface area contributed by atoms with Gasteiger partial charge in [0.25, 0.3) is 0 Å². The van der Waals surface area contributed by atoms with E-state index in [2.05, 4.69) is 59.3 Å². The molecule has 31 heavy (non-hydrogen) atoms. The minimum Gasteiger partial charge on any atom is -0.489 e. The second-order valence-corrected chi connectivity index (χ2v) is 7.23. The van der Waals surface area contributed by atoms with Crippen LogP contribution in [0.5, 0.6) is 5.75 Å². The van der Waals surface area contributed by atoms with Crippen LogP contribution in [-0.2, 0) is 22.7 Å². The Balaban J connectivity index is 0.000000501. The summed E-state index contributed by atoms with van der Waals surface area (Å²) in [5.41, 5.74) is 2.62. The molecule has 166 valence electrons. The van der Waals surface area contributed by atoms with Crippen molar-refractivity contribution in [3.8, 4) is 5.75 Å². The molecule has 0 aromatic heterocycles. The number of nitrogens with zero attached hydrogens (tertiary/aromatic N) is 1. The van der Waals surface area contributed by atoms with E-state index in [1.807, 2.05) is 12.1 Å². The first-order valence-electron chi connectivity index (χ1n) is 10.3. The van der Waals surface area contributed by atoms with Crippen LogP contribution in [0.2, 0.25) is 0 Å². The zero-order valence-corrected chi connectivity index (χ0v) is 17.6. The maximum absolute atomic E-state index is 9.10. The fourth-order valence-corrected chi connectivity index (χ4v) is 3.33. The van der Waals surface area contributed by atoms with Crippen molar-refractivity contribution in [1.82, 2.24) is 10.2 Å². The first-order valence-corrected chi connectivity index (χ1v) is 10.3. The van der Waals surface area contributed by atoms with Gasteiger partial charge in [-0.25, -0.2) is 9.59 Å². The second-order valence-electron chi connectivity index (χ2n) is 7.23. The summed E-state index contributed by atoms with van der Waals surface area (Å²) in [6.07, 6.45) is 4.18. The number of ether oxygens (including phenoxy) is 1. The number of carbonyl (C=O) groups is 2. The van der Waals surface area contributed by atoms with Gasteiger partial charge in [0.15, 0.2) is 0 Å². The smallest absolute Gasteiger partial charge is 0.414 e. The number of piperidine rings is 1. The van der Waals surface area contributed by atoms with E-state index in [-0.39, 0.29) is 0 Å². The van der Waals surface area contributed by atoms with E-state index in [4.69, 9.17) is 24.5 Å². The van der Waals surface area contributed by atoms with Gasteiger partial charge in [-0.2, -0.15) is 0 Å². The Bertz CT molecular complexity index is 821. The summed E-state index contributed by atoms with van der Waals surface area (Å²) in [6, 6.07) is 19.6. The van der Waals surface area contributed by atoms with E-state index >= 15 is 0 Å². The van der Waals surface area contributed by atoms with Crippen molar-refractivity contribution >= 4 is 11.9 Å². The minimum atomic E-state index is -1.82. The molecular formula is C24H30N2O5. The van der Waals surface area contributed by atoms with Crippen LogP contribution in [0.4, 0.5) is 0 Å². The molecule has 3 rings (SSSR count). The van der Waals surface area contributed by atoms with Crippen molar-refractivity contribution in [3.05, 3.63) is 78.4 Å². The Kier molecular flexibility index (Phi) is 10.3. The lowest BCUT2D eigenvalue weighted by atomic mass is 10.0. The molecule has 0 bridgehead atoms. The zero-order chi connectivity index (χ0) is 22.5. The Morgan fingerprint density at radius 1 is 1.03 bits per heavy atom. The third-order valence-corrected chi connectivity index (χ3v) is 4.93. The highest BCUT2D eigenvalue weighted by Crippen LogP contribution is 2.19. The van der Waals surface area contributed by atoms with Gasteiger partial charge in [-0.3, -0.25) is 4.90 Å². The van der Waals surface area contributed by atoms with Crippen molar-refractivity contribution in [2.45, 2.75) is 32.0 Å². The highest BCUT2D eigenvalue weighted by molar-refractivity contribution is 6.27. The van der Waals surface area contributed by atoms with Crippen LogP contribution in [0, 0.1) is 0 Å². The Hall–Kier alpha value is -3.16. The molecular weight excluding hydrogens is 396 g/mol. The van der Waals surface area contributed by atoms with E-state index in [1.54, 1.807) is 6.08 Å². The number of hydrogen-bond acceptors (Lipinski definition) is 5. The van der Waals surface area contributed by atoms with E-state index in [9.17, 15) is 0 Å². The van der Waals surface area contributed by atoms with Crippen molar-refractivity contribution in [1.29, 1.82) is 0 Å². The Labute approximate surface area is 183 Å². The van der Waals surface area contributed by atoms with Crippen molar-refractivity contribution in [2.75, 3.05) is 19.7 Å². The molecule has 0 atom stereocenters. The number of aliphatic carboxylic acids is 2. The zero-order valence-electron chi connectivity index (χ0n) is 17.6. The molecule has 0 aliphatic carbocycles. The predicted octanol–water partition coefficient (Wildman–Crippen LogP) is 3.16. The maximum atomic E-state index is 9.10. The van der Waals surface area contributed by atoms with Gasteiger partial charge in [0.05, 0.1) is 0 Å². The van der Waals surface area contributed by atoms with Gasteiger partial charge in [0.2, 0.25) is 0 Å². The molecule has 0 saturated carbocycles. The molecule has 1 aliphatic heterocycles. The summed E-state index contributed by atoms with van der Waals surface area (Å²) in [5.74, 6) is -2.69. The quantitative estimate of drug-likeness (QED) is 0.440. The fourth-order valence-electron chi connectivity index (χ4n) is 3.33. The molecule has 2 aromatic carbocycles. The Morgan fingerprint density at radius 3 is 2.26 bits per heavy atom. The maximum Gasteiger partial charge on any atom is 0.414 e. The third-order valence-electron chi connectivity index (χ3n) is 4.93. The molecule has 1 aliphatic rings. The number of para-hydroxylation sites is 1. The van der Waals surface area contributed by atoms with Crippen LogP contribution >= 0.6 is 0 Å². The average molecular weight is 427 g/mol. The van der Waals surface area contributed by atoms with Crippen LogP contribution in [0.1, 0.15) is 24.0 Å². The molecule has 0 unspecified atom stereocenters. The van der Waals surface area contributed by atoms with E-state index < -0.39 is 11.9 Å². The lowest BCUT2D eigenvalue weighted by Crippen LogP contribution is -2.41. The first kappa shape index (κ1) is 24.1. The normalized spacial score (nSPS) is 14.2. The monoisotopic (exact) mass is 426 g/mol. The van der Waals surface area contributed by atoms with Gasteiger partial charge in [-0.15, -0.1) is 0 Å². The summed E-state index contributed by atoms with van der Waals surface area (Å²) in [5, 5.41) is 18.5. The molecule has 0 amide bonds. The van der Waals surface area contributed by atoms with E-state index in [1.165, 1.54) is 24.0 Å². The summed E-state index contributed by atoms with van der Waals surface area (Å²) in [7, 11) is 0. The van der Waals surface area contributed by atoms with Gasteiger partial charge in [0.1, 0.15) is 12.4 Å². The topological polar surface area (TPSA) is 99.1 Å². The molecule has 3 N–H and O–H groups in total. The SMILES string of the molecule is C=CCOc1ccccc1CNC1CCN(Cc2ccccc2)CC1.O=C(O)C(=O)O. The standard InChI is InChI=1S/C22H28N2O.C2H2O4/c1-2-16-25-22-11-7-6-10-20(22)17-23-21-12-14-24(15-13-21)18-19-8-4-3-5-9-19;3-1(4)2(5)6/h2-11,21,23H,1,12-18H2;(H,3,4)(H,5,6). The molecule has 1 heterocycles. The molecule has 2 aromatic rings. The van der Waals surface area contributed by atoms with Crippen molar-refractivity contribution < 1.29 is 24.5 Å². The van der Waals surface area contributed by atoms with Crippen molar-refractivity contribution in [2.24, 2.45) is 0 Å². The summed E-state index contributed by atoms with van der Waals surface area (Å²) >= 11 is 0. The Morgan fingerprint density at radius 2 is 1.65 bits per heavy atom. The number of benzene rings is 2. The van der Waals surface area contributed by atoms with Gasteiger partial charge in [0, 0.05) is 24.7 Å². The minimum absolute atomic E-state index is 0.550. The number of rotatable bonds is 8. The van der Waals surface area contributed by atoms with Gasteiger partial charge in [-0.1, -0.05) is 61.2 Å². The lowest BCUT2D eigenvalue weighted by molar-refractivity contribution is -0.159. The number of nitrogens with one attached hydrogen (secondary N) is 1. The molecule has 7 heteroatoms.